The Labute approximate surface area is 146 Å². The minimum absolute atomic E-state index is 0.129. The van der Waals surface area contributed by atoms with Gasteiger partial charge in [-0.05, 0) is 35.7 Å². The molecule has 3 aromatic rings. The van der Waals surface area contributed by atoms with Gasteiger partial charge in [-0.15, -0.1) is 0 Å². The molecule has 0 saturated carbocycles. The molecule has 4 heteroatoms. The van der Waals surface area contributed by atoms with Crippen molar-refractivity contribution in [3.05, 3.63) is 100.0 Å². The summed E-state index contributed by atoms with van der Waals surface area (Å²) >= 11 is 0. The Morgan fingerprint density at radius 3 is 2.28 bits per heavy atom. The number of pyridine rings is 1. The van der Waals surface area contributed by atoms with Gasteiger partial charge in [0, 0.05) is 18.0 Å². The molecule has 1 heterocycles. The van der Waals surface area contributed by atoms with E-state index in [2.05, 4.69) is 24.4 Å². The van der Waals surface area contributed by atoms with Crippen molar-refractivity contribution in [3.63, 3.8) is 0 Å². The molecule has 0 radical (unpaired) electrons. The molecule has 0 bridgehead atoms. The number of nitrogens with zero attached hydrogens (tertiary/aromatic N) is 1. The van der Waals surface area contributed by atoms with Gasteiger partial charge in [0.15, 0.2) is 0 Å². The average molecular weight is 332 g/mol. The molecular formula is C21H20N2O2. The molecule has 126 valence electrons. The molecular weight excluding hydrogens is 312 g/mol. The van der Waals surface area contributed by atoms with Gasteiger partial charge in [0.1, 0.15) is 0 Å². The smallest absolute Gasteiger partial charge is 0.257 e. The van der Waals surface area contributed by atoms with Crippen LogP contribution in [0.15, 0.2) is 77.7 Å². The second-order valence-electron chi connectivity index (χ2n) is 5.87. The van der Waals surface area contributed by atoms with Crippen LogP contribution in [-0.2, 0) is 13.0 Å². The van der Waals surface area contributed by atoms with Gasteiger partial charge in [0.25, 0.3) is 11.5 Å². The van der Waals surface area contributed by atoms with E-state index in [4.69, 9.17) is 0 Å². The Kier molecular flexibility index (Phi) is 5.09. The fourth-order valence-electron chi connectivity index (χ4n) is 2.59. The second kappa shape index (κ2) is 7.62. The van der Waals surface area contributed by atoms with Crippen molar-refractivity contribution in [3.8, 4) is 0 Å². The van der Waals surface area contributed by atoms with Crippen LogP contribution in [0.4, 0.5) is 5.69 Å². The number of benzene rings is 2. The lowest BCUT2D eigenvalue weighted by molar-refractivity contribution is 0.102. The maximum Gasteiger partial charge on any atom is 0.257 e. The van der Waals surface area contributed by atoms with E-state index in [-0.39, 0.29) is 11.5 Å². The minimum Gasteiger partial charge on any atom is -0.322 e. The van der Waals surface area contributed by atoms with E-state index in [9.17, 15) is 9.59 Å². The third-order valence-corrected chi connectivity index (χ3v) is 4.06. The molecule has 0 aliphatic rings. The molecule has 0 aliphatic carbocycles. The number of para-hydroxylation sites is 1. The van der Waals surface area contributed by atoms with Crippen molar-refractivity contribution >= 4 is 11.6 Å². The lowest BCUT2D eigenvalue weighted by Gasteiger charge is -2.10. The summed E-state index contributed by atoms with van der Waals surface area (Å²) < 4.78 is 1.56. The van der Waals surface area contributed by atoms with E-state index in [0.717, 1.165) is 17.7 Å². The fourth-order valence-corrected chi connectivity index (χ4v) is 2.59. The van der Waals surface area contributed by atoms with E-state index in [0.29, 0.717) is 12.1 Å². The summed E-state index contributed by atoms with van der Waals surface area (Å²) in [4.78, 5) is 24.5. The zero-order valence-electron chi connectivity index (χ0n) is 14.1. The number of anilines is 1. The maximum absolute atomic E-state index is 12.4. The lowest BCUT2D eigenvalue weighted by Crippen LogP contribution is -2.22. The molecule has 0 atom stereocenters. The van der Waals surface area contributed by atoms with E-state index < -0.39 is 0 Å². The van der Waals surface area contributed by atoms with Crippen LogP contribution >= 0.6 is 0 Å². The summed E-state index contributed by atoms with van der Waals surface area (Å²) in [6, 6.07) is 20.4. The third-order valence-electron chi connectivity index (χ3n) is 4.06. The zero-order chi connectivity index (χ0) is 17.6. The van der Waals surface area contributed by atoms with Gasteiger partial charge in [0.05, 0.1) is 12.1 Å². The summed E-state index contributed by atoms with van der Waals surface area (Å²) in [5.74, 6) is -0.235. The van der Waals surface area contributed by atoms with E-state index in [1.54, 1.807) is 16.8 Å². The molecule has 25 heavy (non-hydrogen) atoms. The van der Waals surface area contributed by atoms with Crippen molar-refractivity contribution in [2.24, 2.45) is 0 Å². The normalized spacial score (nSPS) is 10.4. The highest BCUT2D eigenvalue weighted by molar-refractivity contribution is 6.04. The largest absolute Gasteiger partial charge is 0.322 e. The Hall–Kier alpha value is -3.14. The SMILES string of the molecule is CCc1ccc(Cn2cc(C(=O)Nc3ccccc3)ccc2=O)cc1. The standard InChI is InChI=1S/C21H20N2O2/c1-2-16-8-10-17(11-9-16)14-23-15-18(12-13-20(23)24)21(25)22-19-6-4-3-5-7-19/h3-13,15H,2,14H2,1H3,(H,22,25). The predicted octanol–water partition coefficient (Wildman–Crippen LogP) is 3.71. The van der Waals surface area contributed by atoms with Crippen LogP contribution in [0.3, 0.4) is 0 Å². The fraction of sp³-hybridized carbons (Fsp3) is 0.143. The molecule has 0 unspecified atom stereocenters. The molecule has 1 N–H and O–H groups in total. The summed E-state index contributed by atoms with van der Waals surface area (Å²) in [7, 11) is 0. The van der Waals surface area contributed by atoms with Gasteiger partial charge in [-0.2, -0.15) is 0 Å². The van der Waals surface area contributed by atoms with Gasteiger partial charge in [-0.25, -0.2) is 0 Å². The number of rotatable bonds is 5. The van der Waals surface area contributed by atoms with E-state index in [1.807, 2.05) is 42.5 Å². The first-order valence-corrected chi connectivity index (χ1v) is 8.30. The van der Waals surface area contributed by atoms with Gasteiger partial charge in [-0.3, -0.25) is 9.59 Å². The van der Waals surface area contributed by atoms with E-state index >= 15 is 0 Å². The highest BCUT2D eigenvalue weighted by atomic mass is 16.2. The Balaban J connectivity index is 1.79. The van der Waals surface area contributed by atoms with Gasteiger partial charge in [0.2, 0.25) is 0 Å². The van der Waals surface area contributed by atoms with Crippen LogP contribution in [0.25, 0.3) is 0 Å². The van der Waals surface area contributed by atoms with Gasteiger partial charge >= 0.3 is 0 Å². The third kappa shape index (κ3) is 4.23. The summed E-state index contributed by atoms with van der Waals surface area (Å²) in [6.07, 6.45) is 2.59. The highest BCUT2D eigenvalue weighted by Crippen LogP contribution is 2.09. The number of amides is 1. The molecule has 0 spiro atoms. The second-order valence-corrected chi connectivity index (χ2v) is 5.87. The molecule has 3 rings (SSSR count). The van der Waals surface area contributed by atoms with Gasteiger partial charge < -0.3 is 9.88 Å². The Morgan fingerprint density at radius 1 is 0.920 bits per heavy atom. The molecule has 1 amide bonds. The van der Waals surface area contributed by atoms with Gasteiger partial charge in [-0.1, -0.05) is 49.4 Å². The van der Waals surface area contributed by atoms with Crippen LogP contribution in [-0.4, -0.2) is 10.5 Å². The average Bonchev–Trinajstić information content (AvgIpc) is 2.65. The van der Waals surface area contributed by atoms with Crippen molar-refractivity contribution in [2.75, 3.05) is 5.32 Å². The lowest BCUT2D eigenvalue weighted by atomic mass is 10.1. The topological polar surface area (TPSA) is 51.1 Å². The van der Waals surface area contributed by atoms with Crippen LogP contribution in [0, 0.1) is 0 Å². The molecule has 0 fully saturated rings. The molecule has 0 saturated heterocycles. The summed E-state index contributed by atoms with van der Waals surface area (Å²) in [5, 5.41) is 2.83. The molecule has 1 aromatic heterocycles. The van der Waals surface area contributed by atoms with Crippen molar-refractivity contribution in [1.82, 2.24) is 4.57 Å². The van der Waals surface area contributed by atoms with Crippen molar-refractivity contribution in [2.45, 2.75) is 19.9 Å². The Morgan fingerprint density at radius 2 is 1.60 bits per heavy atom. The number of nitrogens with one attached hydrogen (secondary N) is 1. The highest BCUT2D eigenvalue weighted by Gasteiger charge is 2.08. The number of hydrogen-bond acceptors (Lipinski definition) is 2. The quantitative estimate of drug-likeness (QED) is 0.774. The van der Waals surface area contributed by atoms with Crippen LogP contribution in [0.2, 0.25) is 0 Å². The van der Waals surface area contributed by atoms with Crippen LogP contribution in [0.5, 0.6) is 0 Å². The summed E-state index contributed by atoms with van der Waals surface area (Å²) in [5.41, 5.74) is 3.33. The van der Waals surface area contributed by atoms with Crippen molar-refractivity contribution < 1.29 is 4.79 Å². The number of carbonyl (C=O) groups is 1. The van der Waals surface area contributed by atoms with Crippen LogP contribution in [0.1, 0.15) is 28.4 Å². The van der Waals surface area contributed by atoms with E-state index in [1.165, 1.54) is 11.6 Å². The zero-order valence-corrected chi connectivity index (χ0v) is 14.1. The van der Waals surface area contributed by atoms with Crippen molar-refractivity contribution in [1.29, 1.82) is 0 Å². The molecule has 2 aromatic carbocycles. The molecule has 0 aliphatic heterocycles. The minimum atomic E-state index is -0.235. The number of aromatic nitrogens is 1. The maximum atomic E-state index is 12.4. The number of aryl methyl sites for hydroxylation is 1. The Bertz CT molecular complexity index is 913. The predicted molar refractivity (Wildman–Crippen MR) is 100 cm³/mol. The molecule has 4 nitrogen and oxygen atoms in total. The van der Waals surface area contributed by atoms with Crippen LogP contribution < -0.4 is 10.9 Å². The number of carbonyl (C=O) groups excluding carboxylic acids is 1. The first kappa shape index (κ1) is 16.7. The first-order valence-electron chi connectivity index (χ1n) is 8.30. The summed E-state index contributed by atoms with van der Waals surface area (Å²) in [6.45, 7) is 2.55. The number of hydrogen-bond donors (Lipinski definition) is 1. The monoisotopic (exact) mass is 332 g/mol. The first-order chi connectivity index (χ1) is 12.2.